The van der Waals surface area contributed by atoms with Crippen molar-refractivity contribution < 1.29 is 22.7 Å². The lowest BCUT2D eigenvalue weighted by Crippen LogP contribution is -2.24. The van der Waals surface area contributed by atoms with Gasteiger partial charge in [0, 0.05) is 30.6 Å². The van der Waals surface area contributed by atoms with Crippen LogP contribution >= 0.6 is 0 Å². The molecule has 1 aliphatic heterocycles. The van der Waals surface area contributed by atoms with E-state index in [1.165, 1.54) is 23.1 Å². The van der Waals surface area contributed by atoms with E-state index in [-0.39, 0.29) is 24.0 Å². The van der Waals surface area contributed by atoms with Crippen molar-refractivity contribution in [1.29, 1.82) is 0 Å². The highest BCUT2D eigenvalue weighted by molar-refractivity contribution is 5.96. The first-order valence-electron chi connectivity index (χ1n) is 5.51. The second kappa shape index (κ2) is 4.84. The number of ether oxygens (including phenoxy) is 1. The van der Waals surface area contributed by atoms with E-state index in [0.29, 0.717) is 12.2 Å². The van der Waals surface area contributed by atoms with Gasteiger partial charge in [-0.3, -0.25) is 4.79 Å². The van der Waals surface area contributed by atoms with E-state index in [4.69, 9.17) is 6.42 Å². The van der Waals surface area contributed by atoms with Gasteiger partial charge in [-0.15, -0.1) is 25.5 Å². The zero-order valence-corrected chi connectivity index (χ0v) is 9.78. The number of alkyl halides is 3. The molecule has 100 valence electrons. The highest BCUT2D eigenvalue weighted by Gasteiger charge is 2.32. The second-order valence-electron chi connectivity index (χ2n) is 4.12. The Labute approximate surface area is 108 Å². The molecular formula is C13H10F3NO2. The molecule has 19 heavy (non-hydrogen) atoms. The van der Waals surface area contributed by atoms with E-state index in [9.17, 15) is 18.0 Å². The van der Waals surface area contributed by atoms with Crippen LogP contribution in [0.2, 0.25) is 0 Å². The van der Waals surface area contributed by atoms with Crippen molar-refractivity contribution >= 4 is 11.6 Å². The highest BCUT2D eigenvalue weighted by Crippen LogP contribution is 2.30. The third kappa shape index (κ3) is 3.19. The molecule has 1 aromatic carbocycles. The molecule has 0 saturated carbocycles. The maximum absolute atomic E-state index is 12.1. The smallest absolute Gasteiger partial charge is 0.406 e. The van der Waals surface area contributed by atoms with Gasteiger partial charge in [0.05, 0.1) is 0 Å². The van der Waals surface area contributed by atoms with Crippen molar-refractivity contribution in [3.63, 3.8) is 0 Å². The van der Waals surface area contributed by atoms with Gasteiger partial charge in [-0.05, 0) is 12.1 Å². The minimum absolute atomic E-state index is 0.202. The maximum atomic E-state index is 12.1. The monoisotopic (exact) mass is 269 g/mol. The van der Waals surface area contributed by atoms with Crippen LogP contribution in [0.3, 0.4) is 0 Å². The first kappa shape index (κ1) is 13.3. The Kier molecular flexibility index (Phi) is 3.38. The van der Waals surface area contributed by atoms with Crippen LogP contribution in [0.25, 0.3) is 0 Å². The van der Waals surface area contributed by atoms with Crippen molar-refractivity contribution in [2.24, 2.45) is 5.92 Å². The summed E-state index contributed by atoms with van der Waals surface area (Å²) in [6.45, 7) is 0.310. The number of nitrogens with zero attached hydrogens (tertiary/aromatic N) is 1. The first-order chi connectivity index (χ1) is 8.89. The predicted molar refractivity (Wildman–Crippen MR) is 62.4 cm³/mol. The minimum Gasteiger partial charge on any atom is -0.406 e. The fourth-order valence-electron chi connectivity index (χ4n) is 1.92. The molecule has 1 unspecified atom stereocenters. The van der Waals surface area contributed by atoms with Crippen molar-refractivity contribution in [2.75, 3.05) is 11.4 Å². The molecule has 0 aromatic heterocycles. The average Bonchev–Trinajstić information content (AvgIpc) is 2.69. The molecule has 0 spiro atoms. The number of benzene rings is 1. The Morgan fingerprint density at radius 3 is 2.74 bits per heavy atom. The van der Waals surface area contributed by atoms with Gasteiger partial charge in [-0.2, -0.15) is 0 Å². The lowest BCUT2D eigenvalue weighted by molar-refractivity contribution is -0.274. The standard InChI is InChI=1S/C13H10F3NO2/c1-2-9-6-12(18)17(8-9)10-4-3-5-11(7-10)19-13(14,15)16/h1,3-5,7,9H,6,8H2. The van der Waals surface area contributed by atoms with Crippen LogP contribution in [0.15, 0.2) is 24.3 Å². The molecule has 1 aromatic rings. The number of hydrogen-bond donors (Lipinski definition) is 0. The molecular weight excluding hydrogens is 259 g/mol. The SMILES string of the molecule is C#CC1CC(=O)N(c2cccc(OC(F)(F)F)c2)C1. The zero-order valence-electron chi connectivity index (χ0n) is 9.78. The third-order valence-electron chi connectivity index (χ3n) is 2.72. The fourth-order valence-corrected chi connectivity index (χ4v) is 1.92. The van der Waals surface area contributed by atoms with Crippen molar-refractivity contribution in [1.82, 2.24) is 0 Å². The largest absolute Gasteiger partial charge is 0.573 e. The van der Waals surface area contributed by atoms with Crippen LogP contribution in [0, 0.1) is 18.3 Å². The number of amides is 1. The Morgan fingerprint density at radius 1 is 1.42 bits per heavy atom. The van der Waals surface area contributed by atoms with E-state index < -0.39 is 6.36 Å². The van der Waals surface area contributed by atoms with Crippen LogP contribution in [-0.2, 0) is 4.79 Å². The molecule has 2 rings (SSSR count). The number of terminal acetylenes is 1. The van der Waals surface area contributed by atoms with E-state index in [1.54, 1.807) is 6.07 Å². The lowest BCUT2D eigenvalue weighted by Gasteiger charge is -2.17. The summed E-state index contributed by atoms with van der Waals surface area (Å²) < 4.78 is 40.2. The maximum Gasteiger partial charge on any atom is 0.573 e. The molecule has 1 amide bonds. The number of hydrogen-bond acceptors (Lipinski definition) is 2. The van der Waals surface area contributed by atoms with Gasteiger partial charge in [-0.1, -0.05) is 6.07 Å². The molecule has 3 nitrogen and oxygen atoms in total. The third-order valence-corrected chi connectivity index (χ3v) is 2.72. The van der Waals surface area contributed by atoms with E-state index in [2.05, 4.69) is 10.7 Å². The Morgan fingerprint density at radius 2 is 2.16 bits per heavy atom. The van der Waals surface area contributed by atoms with E-state index in [1.807, 2.05) is 0 Å². The van der Waals surface area contributed by atoms with Crippen LogP contribution in [0.1, 0.15) is 6.42 Å². The Balaban J connectivity index is 2.20. The van der Waals surface area contributed by atoms with E-state index >= 15 is 0 Å². The van der Waals surface area contributed by atoms with Gasteiger partial charge in [-0.25, -0.2) is 0 Å². The summed E-state index contributed by atoms with van der Waals surface area (Å²) in [5.41, 5.74) is 0.351. The number of carbonyl (C=O) groups excluding carboxylic acids is 1. The van der Waals surface area contributed by atoms with E-state index in [0.717, 1.165) is 0 Å². The fraction of sp³-hybridized carbons (Fsp3) is 0.308. The van der Waals surface area contributed by atoms with Crippen molar-refractivity contribution in [2.45, 2.75) is 12.8 Å². The van der Waals surface area contributed by atoms with Crippen LogP contribution in [0.4, 0.5) is 18.9 Å². The quantitative estimate of drug-likeness (QED) is 0.772. The van der Waals surface area contributed by atoms with Gasteiger partial charge in [0.15, 0.2) is 0 Å². The normalized spacial score (nSPS) is 19.4. The summed E-state index contributed by atoms with van der Waals surface area (Å²) in [7, 11) is 0. The van der Waals surface area contributed by atoms with Crippen molar-refractivity contribution in [3.8, 4) is 18.1 Å². The Bertz CT molecular complexity index is 533. The summed E-state index contributed by atoms with van der Waals surface area (Å²) in [6, 6.07) is 5.29. The highest BCUT2D eigenvalue weighted by atomic mass is 19.4. The number of carbonyl (C=O) groups is 1. The summed E-state index contributed by atoms with van der Waals surface area (Å²) in [5, 5.41) is 0. The first-order valence-corrected chi connectivity index (χ1v) is 5.51. The minimum atomic E-state index is -4.75. The lowest BCUT2D eigenvalue weighted by atomic mass is 10.1. The van der Waals surface area contributed by atoms with Gasteiger partial charge in [0.25, 0.3) is 0 Å². The topological polar surface area (TPSA) is 29.5 Å². The Hall–Kier alpha value is -2.16. The summed E-state index contributed by atoms with van der Waals surface area (Å²) in [5.74, 6) is 1.70. The van der Waals surface area contributed by atoms with Crippen molar-refractivity contribution in [3.05, 3.63) is 24.3 Å². The molecule has 1 heterocycles. The van der Waals surface area contributed by atoms with Gasteiger partial charge in [0.1, 0.15) is 5.75 Å². The second-order valence-corrected chi connectivity index (χ2v) is 4.12. The number of halogens is 3. The van der Waals surface area contributed by atoms with Crippen LogP contribution < -0.4 is 9.64 Å². The summed E-state index contributed by atoms with van der Waals surface area (Å²) >= 11 is 0. The number of rotatable bonds is 2. The van der Waals surface area contributed by atoms with Crippen LogP contribution in [0.5, 0.6) is 5.75 Å². The molecule has 6 heteroatoms. The van der Waals surface area contributed by atoms with Gasteiger partial charge < -0.3 is 9.64 Å². The molecule has 0 radical (unpaired) electrons. The summed E-state index contributed by atoms with van der Waals surface area (Å²) in [6.07, 6.45) is 0.701. The summed E-state index contributed by atoms with van der Waals surface area (Å²) in [4.78, 5) is 13.1. The van der Waals surface area contributed by atoms with Gasteiger partial charge >= 0.3 is 6.36 Å². The molecule has 0 bridgehead atoms. The predicted octanol–water partition coefficient (Wildman–Crippen LogP) is 2.57. The molecule has 1 aliphatic rings. The average molecular weight is 269 g/mol. The molecule has 0 N–H and O–H groups in total. The molecule has 1 atom stereocenters. The zero-order chi connectivity index (χ0) is 14.0. The molecule has 0 aliphatic carbocycles. The van der Waals surface area contributed by atoms with Crippen LogP contribution in [-0.4, -0.2) is 18.8 Å². The molecule has 1 fully saturated rings. The molecule has 1 saturated heterocycles. The number of anilines is 1. The van der Waals surface area contributed by atoms with Gasteiger partial charge in [0.2, 0.25) is 5.91 Å².